The number of hydrogen-bond acceptors (Lipinski definition) is 3. The predicted octanol–water partition coefficient (Wildman–Crippen LogP) is 2.40. The first-order valence-corrected chi connectivity index (χ1v) is 7.20. The predicted molar refractivity (Wildman–Crippen MR) is 64.1 cm³/mol. The maximum atomic E-state index is 5.92. The number of epoxide rings is 1. The maximum Gasteiger partial charge on any atom is 0.146 e. The third-order valence-corrected chi connectivity index (χ3v) is 4.89. The number of halogens is 1. The number of ether oxygens (including phenoxy) is 1. The summed E-state index contributed by atoms with van der Waals surface area (Å²) in [6.07, 6.45) is 3.48. The molecular formula is C10H13BrN2OS. The molecule has 5 heteroatoms. The van der Waals surface area contributed by atoms with Crippen molar-refractivity contribution in [2.75, 3.05) is 11.5 Å². The zero-order valence-corrected chi connectivity index (χ0v) is 11.0. The molecule has 0 spiro atoms. The van der Waals surface area contributed by atoms with Gasteiger partial charge in [0.15, 0.2) is 0 Å². The Balaban J connectivity index is 2.01. The van der Waals surface area contributed by atoms with Crippen LogP contribution in [0.15, 0.2) is 10.7 Å². The number of nitrogens with zero attached hydrogens (tertiary/aromatic N) is 2. The second-order valence-electron chi connectivity index (χ2n) is 3.99. The number of aromatic nitrogens is 2. The standard InChI is InChI=1S/C10H13BrN2OS/c1-2-13-9(7(11)5-12-13)10-6-15-4-3-8(10)14-10/h5,8H,2-4,6H2,1H3/t8-,10+/m1/s1. The Morgan fingerprint density at radius 3 is 3.40 bits per heavy atom. The quantitative estimate of drug-likeness (QED) is 0.783. The van der Waals surface area contributed by atoms with Gasteiger partial charge in [-0.25, -0.2) is 0 Å². The molecule has 15 heavy (non-hydrogen) atoms. The van der Waals surface area contributed by atoms with Crippen LogP contribution in [0.1, 0.15) is 19.0 Å². The molecule has 3 heterocycles. The summed E-state index contributed by atoms with van der Waals surface area (Å²) in [6.45, 7) is 3.02. The summed E-state index contributed by atoms with van der Waals surface area (Å²) >= 11 is 5.57. The van der Waals surface area contributed by atoms with E-state index in [2.05, 4.69) is 32.6 Å². The van der Waals surface area contributed by atoms with Crippen LogP contribution < -0.4 is 0 Å². The fourth-order valence-electron chi connectivity index (χ4n) is 2.35. The third-order valence-electron chi connectivity index (χ3n) is 3.15. The number of fused-ring (bicyclic) bond motifs is 1. The highest BCUT2D eigenvalue weighted by atomic mass is 79.9. The van der Waals surface area contributed by atoms with Gasteiger partial charge in [0, 0.05) is 12.3 Å². The average molecular weight is 289 g/mol. The topological polar surface area (TPSA) is 30.4 Å². The summed E-state index contributed by atoms with van der Waals surface area (Å²) in [6, 6.07) is 0. The highest BCUT2D eigenvalue weighted by molar-refractivity contribution is 9.10. The lowest BCUT2D eigenvalue weighted by molar-refractivity contribution is 0.304. The molecule has 0 unspecified atom stereocenters. The van der Waals surface area contributed by atoms with Crippen LogP contribution in [0.2, 0.25) is 0 Å². The molecule has 3 rings (SSSR count). The van der Waals surface area contributed by atoms with Crippen LogP contribution in [0.3, 0.4) is 0 Å². The van der Waals surface area contributed by atoms with Crippen molar-refractivity contribution in [1.82, 2.24) is 9.78 Å². The van der Waals surface area contributed by atoms with Crippen LogP contribution in [0.4, 0.5) is 0 Å². The van der Waals surface area contributed by atoms with Crippen molar-refractivity contribution in [2.45, 2.75) is 31.6 Å². The lowest BCUT2D eigenvalue weighted by Gasteiger charge is -2.18. The zero-order valence-electron chi connectivity index (χ0n) is 8.57. The normalized spacial score (nSPS) is 33.9. The lowest BCUT2D eigenvalue weighted by Crippen LogP contribution is -2.25. The van der Waals surface area contributed by atoms with E-state index in [0.29, 0.717) is 6.10 Å². The molecule has 3 nitrogen and oxygen atoms in total. The highest BCUT2D eigenvalue weighted by Crippen LogP contribution is 2.54. The molecule has 2 aliphatic rings. The molecule has 82 valence electrons. The molecule has 0 amide bonds. The van der Waals surface area contributed by atoms with Gasteiger partial charge in [0.25, 0.3) is 0 Å². The molecule has 0 saturated carbocycles. The Bertz CT molecular complexity index is 395. The molecule has 0 aromatic carbocycles. The van der Waals surface area contributed by atoms with Crippen molar-refractivity contribution < 1.29 is 4.74 Å². The number of thioether (sulfide) groups is 1. The molecule has 2 aliphatic heterocycles. The second-order valence-corrected chi connectivity index (χ2v) is 5.95. The summed E-state index contributed by atoms with van der Waals surface area (Å²) in [7, 11) is 0. The number of rotatable bonds is 2. The first-order chi connectivity index (χ1) is 7.28. The molecule has 1 aromatic heterocycles. The van der Waals surface area contributed by atoms with Crippen LogP contribution in [0.5, 0.6) is 0 Å². The molecule has 0 bridgehead atoms. The van der Waals surface area contributed by atoms with Crippen LogP contribution in [0, 0.1) is 0 Å². The van der Waals surface area contributed by atoms with E-state index in [-0.39, 0.29) is 5.60 Å². The highest BCUT2D eigenvalue weighted by Gasteiger charge is 2.61. The second kappa shape index (κ2) is 3.50. The summed E-state index contributed by atoms with van der Waals surface area (Å²) in [4.78, 5) is 0. The molecular weight excluding hydrogens is 276 g/mol. The summed E-state index contributed by atoms with van der Waals surface area (Å²) < 4.78 is 9.07. The van der Waals surface area contributed by atoms with Crippen molar-refractivity contribution in [3.05, 3.63) is 16.4 Å². The van der Waals surface area contributed by atoms with Gasteiger partial charge in [-0.3, -0.25) is 4.68 Å². The maximum absolute atomic E-state index is 5.92. The van der Waals surface area contributed by atoms with Crippen molar-refractivity contribution in [3.8, 4) is 0 Å². The van der Waals surface area contributed by atoms with E-state index < -0.39 is 0 Å². The van der Waals surface area contributed by atoms with Gasteiger partial charge in [-0.2, -0.15) is 16.9 Å². The van der Waals surface area contributed by atoms with E-state index in [0.717, 1.165) is 16.8 Å². The van der Waals surface area contributed by atoms with Gasteiger partial charge >= 0.3 is 0 Å². The van der Waals surface area contributed by atoms with Crippen LogP contribution in [0.25, 0.3) is 0 Å². The third kappa shape index (κ3) is 1.40. The van der Waals surface area contributed by atoms with Gasteiger partial charge in [-0.15, -0.1) is 0 Å². The smallest absolute Gasteiger partial charge is 0.146 e. The van der Waals surface area contributed by atoms with E-state index in [9.17, 15) is 0 Å². The van der Waals surface area contributed by atoms with Crippen LogP contribution in [-0.4, -0.2) is 27.4 Å². The molecule has 0 N–H and O–H groups in total. The van der Waals surface area contributed by atoms with Gasteiger partial charge in [-0.05, 0) is 35.0 Å². The van der Waals surface area contributed by atoms with E-state index in [1.165, 1.54) is 17.9 Å². The Kier molecular flexibility index (Phi) is 2.37. The van der Waals surface area contributed by atoms with E-state index in [1.807, 2.05) is 18.0 Å². The van der Waals surface area contributed by atoms with Gasteiger partial charge in [0.05, 0.1) is 22.5 Å². The lowest BCUT2D eigenvalue weighted by atomic mass is 10.0. The summed E-state index contributed by atoms with van der Waals surface area (Å²) in [5.41, 5.74) is 1.20. The van der Waals surface area contributed by atoms with E-state index >= 15 is 0 Å². The molecule has 0 radical (unpaired) electrons. The van der Waals surface area contributed by atoms with E-state index in [1.54, 1.807) is 0 Å². The Morgan fingerprint density at radius 2 is 2.67 bits per heavy atom. The van der Waals surface area contributed by atoms with Gasteiger partial charge in [-0.1, -0.05) is 0 Å². The van der Waals surface area contributed by atoms with Gasteiger partial charge in [0.2, 0.25) is 0 Å². The minimum Gasteiger partial charge on any atom is -0.358 e. The van der Waals surface area contributed by atoms with Gasteiger partial charge < -0.3 is 4.74 Å². The fourth-order valence-corrected chi connectivity index (χ4v) is 4.20. The van der Waals surface area contributed by atoms with E-state index in [4.69, 9.17) is 4.74 Å². The van der Waals surface area contributed by atoms with Crippen molar-refractivity contribution in [1.29, 1.82) is 0 Å². The van der Waals surface area contributed by atoms with Crippen LogP contribution >= 0.6 is 27.7 Å². The summed E-state index contributed by atoms with van der Waals surface area (Å²) in [5, 5.41) is 4.36. The minimum absolute atomic E-state index is 0.0335. The first kappa shape index (κ1) is 10.2. The molecule has 0 aliphatic carbocycles. The number of hydrogen-bond donors (Lipinski definition) is 0. The first-order valence-electron chi connectivity index (χ1n) is 5.25. The largest absolute Gasteiger partial charge is 0.358 e. The average Bonchev–Trinajstić information content (AvgIpc) is 2.87. The monoisotopic (exact) mass is 288 g/mol. The molecule has 1 aromatic rings. The Hall–Kier alpha value is -0.0000000000000000763. The van der Waals surface area contributed by atoms with Crippen molar-refractivity contribution in [2.24, 2.45) is 0 Å². The molecule has 2 saturated heterocycles. The number of aryl methyl sites for hydroxylation is 1. The van der Waals surface area contributed by atoms with Crippen LogP contribution in [-0.2, 0) is 16.9 Å². The van der Waals surface area contributed by atoms with Crippen molar-refractivity contribution in [3.63, 3.8) is 0 Å². The SMILES string of the molecule is CCn1ncc(Br)c1[C@]12CSCC[C@H]1O2. The minimum atomic E-state index is -0.0335. The summed E-state index contributed by atoms with van der Waals surface area (Å²) in [5.74, 6) is 2.30. The Labute approximate surface area is 102 Å². The molecule has 2 atom stereocenters. The fraction of sp³-hybridized carbons (Fsp3) is 0.700. The van der Waals surface area contributed by atoms with Crippen molar-refractivity contribution >= 4 is 27.7 Å². The van der Waals surface area contributed by atoms with Gasteiger partial charge in [0.1, 0.15) is 5.60 Å². The Morgan fingerprint density at radius 1 is 1.80 bits per heavy atom. The zero-order chi connectivity index (χ0) is 10.5. The molecule has 2 fully saturated rings.